The van der Waals surface area contributed by atoms with Crippen LogP contribution in [0.25, 0.3) is 49.4 Å². The van der Waals surface area contributed by atoms with Crippen molar-refractivity contribution < 1.29 is 4.92 Å². The first kappa shape index (κ1) is 18.3. The van der Waals surface area contributed by atoms with Crippen molar-refractivity contribution in [2.24, 2.45) is 0 Å². The van der Waals surface area contributed by atoms with Crippen LogP contribution in [0, 0.1) is 10.1 Å². The lowest BCUT2D eigenvalue weighted by Gasteiger charge is -2.12. The van der Waals surface area contributed by atoms with E-state index < -0.39 is 0 Å². The van der Waals surface area contributed by atoms with E-state index in [-0.39, 0.29) is 10.6 Å². The highest BCUT2D eigenvalue weighted by Gasteiger charge is 2.21. The second kappa shape index (κ2) is 7.06. The monoisotopic (exact) mass is 414 g/mol. The number of rotatable bonds is 3. The van der Waals surface area contributed by atoms with E-state index in [0.717, 1.165) is 43.8 Å². The highest BCUT2D eigenvalue weighted by Crippen LogP contribution is 2.43. The Labute approximate surface area is 184 Å². The molecule has 0 spiro atoms. The summed E-state index contributed by atoms with van der Waals surface area (Å²) in [6.07, 6.45) is 0. The van der Waals surface area contributed by atoms with Crippen LogP contribution in [-0.4, -0.2) is 9.49 Å². The molecule has 0 bridgehead atoms. The number of hydrogen-bond donors (Lipinski definition) is 0. The molecule has 0 fully saturated rings. The Morgan fingerprint density at radius 1 is 0.594 bits per heavy atom. The summed E-state index contributed by atoms with van der Waals surface area (Å²) >= 11 is 0. The average Bonchev–Trinajstić information content (AvgIpc) is 3.18. The number of hydrogen-bond acceptors (Lipinski definition) is 2. The second-order valence-electron chi connectivity index (χ2n) is 7.83. The minimum atomic E-state index is -0.305. The minimum Gasteiger partial charge on any atom is -0.309 e. The van der Waals surface area contributed by atoms with Gasteiger partial charge in [0.15, 0.2) is 0 Å². The first-order chi connectivity index (χ1) is 15.7. The summed E-state index contributed by atoms with van der Waals surface area (Å²) in [5.74, 6) is 0. The Morgan fingerprint density at radius 3 is 2.00 bits per heavy atom. The molecule has 5 aromatic carbocycles. The maximum absolute atomic E-state index is 11.8. The lowest BCUT2D eigenvalue weighted by Crippen LogP contribution is -1.95. The van der Waals surface area contributed by atoms with E-state index in [1.54, 1.807) is 12.1 Å². The molecule has 152 valence electrons. The quantitative estimate of drug-likeness (QED) is 0.222. The van der Waals surface area contributed by atoms with Crippen LogP contribution < -0.4 is 0 Å². The molecule has 0 aliphatic carbocycles. The average molecular weight is 414 g/mol. The molecule has 0 amide bonds. The molecule has 6 rings (SSSR count). The first-order valence-electron chi connectivity index (χ1n) is 10.5. The van der Waals surface area contributed by atoms with Crippen molar-refractivity contribution in [2.75, 3.05) is 0 Å². The van der Waals surface area contributed by atoms with Crippen LogP contribution in [0.1, 0.15) is 0 Å². The van der Waals surface area contributed by atoms with Gasteiger partial charge in [-0.3, -0.25) is 10.1 Å². The van der Waals surface area contributed by atoms with Crippen molar-refractivity contribution in [3.63, 3.8) is 0 Å². The third-order valence-corrected chi connectivity index (χ3v) is 6.08. The summed E-state index contributed by atoms with van der Waals surface area (Å²) < 4.78 is 2.25. The van der Waals surface area contributed by atoms with Crippen molar-refractivity contribution in [1.82, 2.24) is 4.57 Å². The molecule has 0 radical (unpaired) electrons. The number of para-hydroxylation sites is 3. The number of aromatic nitrogens is 1. The maximum Gasteiger partial charge on any atom is 0.277 e. The number of fused-ring (bicyclic) bond motifs is 5. The van der Waals surface area contributed by atoms with Crippen molar-refractivity contribution in [1.29, 1.82) is 0 Å². The van der Waals surface area contributed by atoms with E-state index in [1.807, 2.05) is 48.5 Å². The van der Waals surface area contributed by atoms with E-state index in [9.17, 15) is 10.1 Å². The molecule has 6 aromatic rings. The Morgan fingerprint density at radius 2 is 1.22 bits per heavy atom. The second-order valence-corrected chi connectivity index (χ2v) is 7.83. The smallest absolute Gasteiger partial charge is 0.277 e. The molecule has 1 aromatic heterocycles. The van der Waals surface area contributed by atoms with Gasteiger partial charge in [-0.15, -0.1) is 0 Å². The molecule has 4 nitrogen and oxygen atoms in total. The number of nitro groups is 1. The molecule has 4 heteroatoms. The van der Waals surface area contributed by atoms with Crippen LogP contribution in [0.3, 0.4) is 0 Å². The van der Waals surface area contributed by atoms with E-state index >= 15 is 0 Å². The SMILES string of the molecule is O=[N+]([O-])c1ccccc1-c1cc2c(c3ccccc13)c1ccccc1n2-c1ccccc1. The molecular formula is C28H18N2O2. The highest BCUT2D eigenvalue weighted by atomic mass is 16.6. The lowest BCUT2D eigenvalue weighted by molar-refractivity contribution is -0.384. The molecule has 0 unspecified atom stereocenters. The Kier molecular flexibility index (Phi) is 4.05. The van der Waals surface area contributed by atoms with Gasteiger partial charge in [0.25, 0.3) is 5.69 Å². The van der Waals surface area contributed by atoms with Gasteiger partial charge in [-0.1, -0.05) is 72.8 Å². The predicted molar refractivity (Wildman–Crippen MR) is 130 cm³/mol. The van der Waals surface area contributed by atoms with Gasteiger partial charge in [0.2, 0.25) is 0 Å². The minimum absolute atomic E-state index is 0.111. The van der Waals surface area contributed by atoms with Gasteiger partial charge in [-0.05, 0) is 46.7 Å². The number of nitro benzene ring substituents is 1. The topological polar surface area (TPSA) is 48.1 Å². The molecule has 32 heavy (non-hydrogen) atoms. The summed E-state index contributed by atoms with van der Waals surface area (Å²) in [5, 5.41) is 16.2. The highest BCUT2D eigenvalue weighted by molar-refractivity contribution is 6.24. The summed E-state index contributed by atoms with van der Waals surface area (Å²) in [4.78, 5) is 11.5. The molecule has 0 saturated heterocycles. The van der Waals surface area contributed by atoms with Gasteiger partial charge in [-0.25, -0.2) is 0 Å². The lowest BCUT2D eigenvalue weighted by atomic mass is 9.94. The van der Waals surface area contributed by atoms with E-state index in [4.69, 9.17) is 0 Å². The van der Waals surface area contributed by atoms with E-state index in [2.05, 4.69) is 53.1 Å². The van der Waals surface area contributed by atoms with Crippen LogP contribution in [-0.2, 0) is 0 Å². The van der Waals surface area contributed by atoms with Crippen LogP contribution in [0.2, 0.25) is 0 Å². The fourth-order valence-corrected chi connectivity index (χ4v) is 4.77. The molecular weight excluding hydrogens is 396 g/mol. The summed E-state index contributed by atoms with van der Waals surface area (Å²) in [6, 6.07) is 35.9. The molecule has 0 aliphatic heterocycles. The third kappa shape index (κ3) is 2.63. The Balaban J connectivity index is 1.85. The van der Waals surface area contributed by atoms with Gasteiger partial charge in [0, 0.05) is 22.5 Å². The molecule has 0 aliphatic rings. The van der Waals surface area contributed by atoms with Crippen molar-refractivity contribution in [2.45, 2.75) is 0 Å². The largest absolute Gasteiger partial charge is 0.309 e. The molecule has 0 saturated carbocycles. The molecule has 1 heterocycles. The summed E-state index contributed by atoms with van der Waals surface area (Å²) in [7, 11) is 0. The fourth-order valence-electron chi connectivity index (χ4n) is 4.77. The normalized spacial score (nSPS) is 11.4. The number of nitrogens with zero attached hydrogens (tertiary/aromatic N) is 2. The zero-order valence-electron chi connectivity index (χ0n) is 17.1. The van der Waals surface area contributed by atoms with E-state index in [0.29, 0.717) is 5.56 Å². The first-order valence-corrected chi connectivity index (χ1v) is 10.5. The van der Waals surface area contributed by atoms with E-state index in [1.165, 1.54) is 0 Å². The Hall–Kier alpha value is -4.44. The zero-order valence-corrected chi connectivity index (χ0v) is 17.1. The molecule has 0 N–H and O–H groups in total. The van der Waals surface area contributed by atoms with Crippen LogP contribution in [0.5, 0.6) is 0 Å². The Bertz CT molecular complexity index is 1650. The van der Waals surface area contributed by atoms with Crippen LogP contribution in [0.4, 0.5) is 5.69 Å². The summed E-state index contributed by atoms with van der Waals surface area (Å²) in [5.41, 5.74) is 4.80. The van der Waals surface area contributed by atoms with Gasteiger partial charge in [-0.2, -0.15) is 0 Å². The predicted octanol–water partition coefficient (Wildman–Crippen LogP) is 7.51. The number of benzene rings is 5. The standard InChI is InChI=1S/C28H18N2O2/c31-30(32)26-17-9-6-13-21(26)24-18-27-28(22-14-5-4-12-20(22)24)23-15-7-8-16-25(23)29(27)19-10-2-1-3-11-19/h1-18H. The van der Waals surface area contributed by atoms with Gasteiger partial charge in [0.05, 0.1) is 21.5 Å². The van der Waals surface area contributed by atoms with Crippen molar-refractivity contribution >= 4 is 38.3 Å². The zero-order chi connectivity index (χ0) is 21.7. The van der Waals surface area contributed by atoms with Crippen molar-refractivity contribution in [3.8, 4) is 16.8 Å². The maximum atomic E-state index is 11.8. The summed E-state index contributed by atoms with van der Waals surface area (Å²) in [6.45, 7) is 0. The van der Waals surface area contributed by atoms with Gasteiger partial charge >= 0.3 is 0 Å². The van der Waals surface area contributed by atoms with Crippen molar-refractivity contribution in [3.05, 3.63) is 119 Å². The van der Waals surface area contributed by atoms with Crippen LogP contribution in [0.15, 0.2) is 109 Å². The molecule has 0 atom stereocenters. The fraction of sp³-hybridized carbons (Fsp3) is 0. The van der Waals surface area contributed by atoms with Gasteiger partial charge in [0.1, 0.15) is 0 Å². The van der Waals surface area contributed by atoms with Crippen LogP contribution >= 0.6 is 0 Å². The van der Waals surface area contributed by atoms with Gasteiger partial charge < -0.3 is 4.57 Å². The third-order valence-electron chi connectivity index (χ3n) is 6.08.